The second-order valence-corrected chi connectivity index (χ2v) is 9.99. The minimum absolute atomic E-state index is 0.0382. The summed E-state index contributed by atoms with van der Waals surface area (Å²) in [5, 5.41) is 17.7. The molecule has 0 bridgehead atoms. The monoisotopic (exact) mass is 467 g/mol. The van der Waals surface area contributed by atoms with Crippen molar-refractivity contribution in [3.05, 3.63) is 35.7 Å². The SMILES string of the molecule is CC(C)(C)OC(=O)N[C@H]1CCCC[C@H]1Nc1cc(Nc2cccc(C3CC3)n2)c(C(N)=O)nn1. The molecule has 0 aliphatic heterocycles. The molecule has 5 N–H and O–H groups in total. The number of carbonyl (C=O) groups is 2. The zero-order valence-electron chi connectivity index (χ0n) is 19.9. The summed E-state index contributed by atoms with van der Waals surface area (Å²) in [7, 11) is 0. The largest absolute Gasteiger partial charge is 0.444 e. The van der Waals surface area contributed by atoms with E-state index in [1.54, 1.807) is 6.07 Å². The van der Waals surface area contributed by atoms with Crippen molar-refractivity contribution in [2.45, 2.75) is 82.9 Å². The van der Waals surface area contributed by atoms with Gasteiger partial charge >= 0.3 is 6.09 Å². The number of alkyl carbamates (subject to hydrolysis) is 1. The van der Waals surface area contributed by atoms with E-state index in [1.165, 1.54) is 0 Å². The summed E-state index contributed by atoms with van der Waals surface area (Å²) in [4.78, 5) is 28.9. The zero-order valence-corrected chi connectivity index (χ0v) is 19.9. The van der Waals surface area contributed by atoms with Crippen LogP contribution in [0.1, 0.15) is 81.4 Å². The molecule has 10 nitrogen and oxygen atoms in total. The van der Waals surface area contributed by atoms with Crippen molar-refractivity contribution in [1.29, 1.82) is 0 Å². The molecule has 2 atom stereocenters. The normalized spacial score (nSPS) is 20.3. The predicted octanol–water partition coefficient (Wildman–Crippen LogP) is 3.84. The Morgan fingerprint density at radius 3 is 2.44 bits per heavy atom. The minimum Gasteiger partial charge on any atom is -0.444 e. The van der Waals surface area contributed by atoms with E-state index in [0.717, 1.165) is 44.2 Å². The molecule has 4 rings (SSSR count). The standard InChI is InChI=1S/C24H33N7O3/c1-24(2,3)34-23(33)29-17-8-5-4-7-16(17)27-20-13-18(21(22(25)32)31-30-20)28-19-10-6-9-15(26-19)14-11-12-14/h6,9-10,13-14,16-17H,4-5,7-8,11-12H2,1-3H3,(H2,25,32)(H,29,33)(H2,26,27,28,30)/t16-,17+/m1/s1. The van der Waals surface area contributed by atoms with Gasteiger partial charge in [0.15, 0.2) is 11.5 Å². The molecule has 34 heavy (non-hydrogen) atoms. The number of carbonyl (C=O) groups excluding carboxylic acids is 2. The smallest absolute Gasteiger partial charge is 0.407 e. The number of rotatable bonds is 7. The van der Waals surface area contributed by atoms with E-state index in [0.29, 0.717) is 23.2 Å². The highest BCUT2D eigenvalue weighted by molar-refractivity contribution is 5.97. The Labute approximate surface area is 199 Å². The first-order chi connectivity index (χ1) is 16.2. The molecule has 0 unspecified atom stereocenters. The molecule has 0 spiro atoms. The number of primary amides is 1. The number of nitrogens with two attached hydrogens (primary N) is 1. The van der Waals surface area contributed by atoms with Crippen LogP contribution in [-0.4, -0.2) is 44.9 Å². The number of amides is 2. The van der Waals surface area contributed by atoms with Crippen molar-refractivity contribution in [3.63, 3.8) is 0 Å². The molecule has 2 saturated carbocycles. The van der Waals surface area contributed by atoms with Crippen LogP contribution >= 0.6 is 0 Å². The first-order valence-corrected chi connectivity index (χ1v) is 11.9. The Bertz CT molecular complexity index is 1050. The van der Waals surface area contributed by atoms with Gasteiger partial charge in [0.25, 0.3) is 5.91 Å². The first-order valence-electron chi connectivity index (χ1n) is 11.9. The highest BCUT2D eigenvalue weighted by Gasteiger charge is 2.29. The molecule has 182 valence electrons. The number of aromatic nitrogens is 3. The molecule has 2 amide bonds. The summed E-state index contributed by atoms with van der Waals surface area (Å²) in [5.74, 6) is 0.926. The summed E-state index contributed by atoms with van der Waals surface area (Å²) >= 11 is 0. The van der Waals surface area contributed by atoms with Crippen LogP contribution in [0.15, 0.2) is 24.3 Å². The van der Waals surface area contributed by atoms with Crippen LogP contribution in [-0.2, 0) is 4.74 Å². The van der Waals surface area contributed by atoms with E-state index in [2.05, 4.69) is 31.1 Å². The molecule has 2 aromatic rings. The van der Waals surface area contributed by atoms with Gasteiger partial charge < -0.3 is 26.4 Å². The lowest BCUT2D eigenvalue weighted by Gasteiger charge is -2.33. The molecule has 2 fully saturated rings. The number of hydrogen-bond donors (Lipinski definition) is 4. The van der Waals surface area contributed by atoms with Gasteiger partial charge in [0.1, 0.15) is 11.4 Å². The second-order valence-electron chi connectivity index (χ2n) is 9.99. The topological polar surface area (TPSA) is 144 Å². The summed E-state index contributed by atoms with van der Waals surface area (Å²) < 4.78 is 5.42. The van der Waals surface area contributed by atoms with Crippen molar-refractivity contribution in [2.24, 2.45) is 5.73 Å². The zero-order chi connectivity index (χ0) is 24.3. The van der Waals surface area contributed by atoms with Crippen molar-refractivity contribution in [1.82, 2.24) is 20.5 Å². The van der Waals surface area contributed by atoms with Gasteiger partial charge in [-0.15, -0.1) is 10.2 Å². The molecule has 2 aromatic heterocycles. The Morgan fingerprint density at radius 1 is 1.03 bits per heavy atom. The van der Waals surface area contributed by atoms with E-state index in [9.17, 15) is 9.59 Å². The molecule has 2 aliphatic rings. The summed E-state index contributed by atoms with van der Waals surface area (Å²) in [6, 6.07) is 7.32. The summed E-state index contributed by atoms with van der Waals surface area (Å²) in [5.41, 5.74) is 6.47. The molecule has 2 heterocycles. The van der Waals surface area contributed by atoms with Crippen LogP contribution < -0.4 is 21.7 Å². The van der Waals surface area contributed by atoms with Crippen LogP contribution in [0.4, 0.5) is 22.1 Å². The molecular weight excluding hydrogens is 434 g/mol. The molecule has 10 heteroatoms. The van der Waals surface area contributed by atoms with Crippen LogP contribution in [0.25, 0.3) is 0 Å². The number of ether oxygens (including phenoxy) is 1. The van der Waals surface area contributed by atoms with Crippen LogP contribution in [0.5, 0.6) is 0 Å². The van der Waals surface area contributed by atoms with Crippen molar-refractivity contribution in [2.75, 3.05) is 10.6 Å². The maximum Gasteiger partial charge on any atom is 0.407 e. The van der Waals surface area contributed by atoms with Gasteiger partial charge in [-0.2, -0.15) is 0 Å². The number of hydrogen-bond acceptors (Lipinski definition) is 8. The Hall–Kier alpha value is -3.43. The van der Waals surface area contributed by atoms with E-state index < -0.39 is 17.6 Å². The van der Waals surface area contributed by atoms with Crippen LogP contribution in [0.2, 0.25) is 0 Å². The minimum atomic E-state index is -0.679. The Kier molecular flexibility index (Phi) is 6.85. The maximum atomic E-state index is 12.3. The van der Waals surface area contributed by atoms with Crippen LogP contribution in [0.3, 0.4) is 0 Å². The molecule has 0 aromatic carbocycles. The number of nitrogens with zero attached hydrogens (tertiary/aromatic N) is 3. The lowest BCUT2D eigenvalue weighted by Crippen LogP contribution is -2.49. The fourth-order valence-corrected chi connectivity index (χ4v) is 4.13. The number of pyridine rings is 1. The third-order valence-electron chi connectivity index (χ3n) is 5.86. The quantitative estimate of drug-likeness (QED) is 0.481. The maximum absolute atomic E-state index is 12.3. The van der Waals surface area contributed by atoms with Gasteiger partial charge in [-0.3, -0.25) is 4.79 Å². The lowest BCUT2D eigenvalue weighted by atomic mass is 9.90. The van der Waals surface area contributed by atoms with Gasteiger partial charge in [-0.1, -0.05) is 18.9 Å². The molecule has 0 radical (unpaired) electrons. The van der Waals surface area contributed by atoms with E-state index >= 15 is 0 Å². The van der Waals surface area contributed by atoms with E-state index in [-0.39, 0.29) is 17.8 Å². The van der Waals surface area contributed by atoms with Gasteiger partial charge in [0, 0.05) is 23.7 Å². The van der Waals surface area contributed by atoms with Crippen molar-refractivity contribution < 1.29 is 14.3 Å². The highest BCUT2D eigenvalue weighted by Crippen LogP contribution is 2.39. The number of anilines is 3. The van der Waals surface area contributed by atoms with Crippen LogP contribution in [0, 0.1) is 0 Å². The third kappa shape index (κ3) is 6.33. The molecule has 2 aliphatic carbocycles. The van der Waals surface area contributed by atoms with Gasteiger partial charge in [0.05, 0.1) is 11.7 Å². The van der Waals surface area contributed by atoms with Gasteiger partial charge in [0.2, 0.25) is 0 Å². The second kappa shape index (κ2) is 9.82. The summed E-state index contributed by atoms with van der Waals surface area (Å²) in [6.45, 7) is 5.51. The Morgan fingerprint density at radius 2 is 1.76 bits per heavy atom. The van der Waals surface area contributed by atoms with Gasteiger partial charge in [-0.05, 0) is 58.6 Å². The predicted molar refractivity (Wildman–Crippen MR) is 129 cm³/mol. The van der Waals surface area contributed by atoms with Crippen molar-refractivity contribution >= 4 is 29.3 Å². The first kappa shape index (κ1) is 23.7. The van der Waals surface area contributed by atoms with E-state index in [4.69, 9.17) is 10.5 Å². The summed E-state index contributed by atoms with van der Waals surface area (Å²) in [6.07, 6.45) is 5.58. The van der Waals surface area contributed by atoms with Gasteiger partial charge in [-0.25, -0.2) is 9.78 Å². The average Bonchev–Trinajstić information content (AvgIpc) is 3.59. The molecular formula is C24H33N7O3. The average molecular weight is 468 g/mol. The highest BCUT2D eigenvalue weighted by atomic mass is 16.6. The Balaban J connectivity index is 1.50. The molecule has 0 saturated heterocycles. The van der Waals surface area contributed by atoms with Crippen molar-refractivity contribution in [3.8, 4) is 0 Å². The fourth-order valence-electron chi connectivity index (χ4n) is 4.13. The third-order valence-corrected chi connectivity index (χ3v) is 5.86. The number of nitrogens with one attached hydrogen (secondary N) is 3. The van der Waals surface area contributed by atoms with E-state index in [1.807, 2.05) is 39.0 Å². The lowest BCUT2D eigenvalue weighted by molar-refractivity contribution is 0.0488. The fraction of sp³-hybridized carbons (Fsp3) is 0.542.